The molecule has 2 N–H and O–H groups in total. The van der Waals surface area contributed by atoms with Crippen molar-refractivity contribution < 1.29 is 4.79 Å². The first kappa shape index (κ1) is 14.5. The van der Waals surface area contributed by atoms with Gasteiger partial charge >= 0.3 is 0 Å². The number of carbonyl (C=O) groups excluding carboxylic acids is 1. The molecule has 0 saturated carbocycles. The van der Waals surface area contributed by atoms with E-state index in [2.05, 4.69) is 21.7 Å². The van der Waals surface area contributed by atoms with Gasteiger partial charge in [0.2, 0.25) is 5.91 Å². The Balaban J connectivity index is 1.80. The van der Waals surface area contributed by atoms with E-state index in [1.165, 1.54) is 5.56 Å². The fraction of sp³-hybridized carbons (Fsp3) is 0.643. The number of nitrogens with two attached hydrogens (primary N) is 1. The minimum Gasteiger partial charge on any atom is -0.340 e. The van der Waals surface area contributed by atoms with Crippen molar-refractivity contribution in [3.8, 4) is 0 Å². The molecule has 0 aromatic carbocycles. The van der Waals surface area contributed by atoms with Crippen LogP contribution in [-0.2, 0) is 11.3 Å². The Bertz CT molecular complexity index is 381. The number of piperazine rings is 1. The molecule has 0 aliphatic carbocycles. The fourth-order valence-corrected chi connectivity index (χ4v) is 3.13. The minimum absolute atomic E-state index is 0.00317. The summed E-state index contributed by atoms with van der Waals surface area (Å²) in [6.07, 6.45) is 0.838. The normalized spacial score (nSPS) is 18.5. The summed E-state index contributed by atoms with van der Waals surface area (Å²) in [6, 6.07) is 2.17. The average molecular weight is 281 g/mol. The molecule has 1 aliphatic rings. The van der Waals surface area contributed by atoms with Gasteiger partial charge in [0, 0.05) is 39.3 Å². The largest absolute Gasteiger partial charge is 0.340 e. The molecule has 2 heterocycles. The maximum Gasteiger partial charge on any atom is 0.227 e. The van der Waals surface area contributed by atoms with Gasteiger partial charge in [0.25, 0.3) is 0 Å². The van der Waals surface area contributed by atoms with Crippen molar-refractivity contribution in [1.29, 1.82) is 0 Å². The standard InChI is InChI=1S/C14H23N3OS/c1-2-13(9-15)14(18)17-6-4-16(5-7-17)10-12-3-8-19-11-12/h3,8,11,13H,2,4-7,9-10,15H2,1H3. The lowest BCUT2D eigenvalue weighted by molar-refractivity contribution is -0.137. The number of hydrogen-bond acceptors (Lipinski definition) is 4. The van der Waals surface area contributed by atoms with E-state index in [4.69, 9.17) is 5.73 Å². The van der Waals surface area contributed by atoms with Crippen molar-refractivity contribution in [2.75, 3.05) is 32.7 Å². The molecule has 1 aromatic heterocycles. The first-order valence-electron chi connectivity index (χ1n) is 6.97. The third-order valence-corrected chi connectivity index (χ3v) is 4.53. The van der Waals surface area contributed by atoms with Gasteiger partial charge < -0.3 is 10.6 Å². The van der Waals surface area contributed by atoms with E-state index in [0.29, 0.717) is 6.54 Å². The maximum atomic E-state index is 12.2. The van der Waals surface area contributed by atoms with Crippen molar-refractivity contribution in [3.63, 3.8) is 0 Å². The molecule has 106 valence electrons. The molecule has 0 radical (unpaired) electrons. The van der Waals surface area contributed by atoms with Crippen LogP contribution in [0.15, 0.2) is 16.8 Å². The van der Waals surface area contributed by atoms with Crippen molar-refractivity contribution in [2.45, 2.75) is 19.9 Å². The summed E-state index contributed by atoms with van der Waals surface area (Å²) >= 11 is 1.74. The van der Waals surface area contributed by atoms with E-state index >= 15 is 0 Å². The van der Waals surface area contributed by atoms with Crippen LogP contribution in [0.3, 0.4) is 0 Å². The molecule has 5 heteroatoms. The van der Waals surface area contributed by atoms with E-state index < -0.39 is 0 Å². The van der Waals surface area contributed by atoms with Crippen LogP contribution < -0.4 is 5.73 Å². The highest BCUT2D eigenvalue weighted by atomic mass is 32.1. The lowest BCUT2D eigenvalue weighted by Gasteiger charge is -2.36. The summed E-state index contributed by atoms with van der Waals surface area (Å²) in [6.45, 7) is 7.08. The lowest BCUT2D eigenvalue weighted by Crippen LogP contribution is -2.50. The van der Waals surface area contributed by atoms with Crippen molar-refractivity contribution >= 4 is 17.2 Å². The fourth-order valence-electron chi connectivity index (χ4n) is 2.47. The van der Waals surface area contributed by atoms with E-state index in [0.717, 1.165) is 39.1 Å². The maximum absolute atomic E-state index is 12.2. The van der Waals surface area contributed by atoms with Gasteiger partial charge in [0.1, 0.15) is 0 Å². The number of thiophene rings is 1. The number of hydrogen-bond donors (Lipinski definition) is 1. The second-order valence-corrected chi connectivity index (χ2v) is 5.85. The Hall–Kier alpha value is -0.910. The van der Waals surface area contributed by atoms with Crippen molar-refractivity contribution in [2.24, 2.45) is 11.7 Å². The van der Waals surface area contributed by atoms with Crippen LogP contribution in [0.4, 0.5) is 0 Å². The summed E-state index contributed by atoms with van der Waals surface area (Å²) in [5.74, 6) is 0.239. The molecular weight excluding hydrogens is 258 g/mol. The molecule has 1 unspecified atom stereocenters. The Morgan fingerprint density at radius 1 is 1.42 bits per heavy atom. The molecule has 4 nitrogen and oxygen atoms in total. The first-order chi connectivity index (χ1) is 9.24. The second kappa shape index (κ2) is 7.03. The molecule has 1 aromatic rings. The zero-order valence-corrected chi connectivity index (χ0v) is 12.4. The van der Waals surface area contributed by atoms with Crippen LogP contribution in [-0.4, -0.2) is 48.4 Å². The summed E-state index contributed by atoms with van der Waals surface area (Å²) in [7, 11) is 0. The van der Waals surface area contributed by atoms with Gasteiger partial charge in [-0.1, -0.05) is 6.92 Å². The number of rotatable bonds is 5. The minimum atomic E-state index is 0.00317. The highest BCUT2D eigenvalue weighted by molar-refractivity contribution is 7.07. The SMILES string of the molecule is CCC(CN)C(=O)N1CCN(Cc2ccsc2)CC1. The smallest absolute Gasteiger partial charge is 0.227 e. The molecule has 19 heavy (non-hydrogen) atoms. The Morgan fingerprint density at radius 2 is 2.16 bits per heavy atom. The van der Waals surface area contributed by atoms with Crippen molar-refractivity contribution in [1.82, 2.24) is 9.80 Å². The van der Waals surface area contributed by atoms with E-state index in [9.17, 15) is 4.79 Å². The molecule has 1 amide bonds. The van der Waals surface area contributed by atoms with Crippen LogP contribution in [0, 0.1) is 5.92 Å². The van der Waals surface area contributed by atoms with Gasteiger partial charge in [-0.05, 0) is 28.8 Å². The van der Waals surface area contributed by atoms with E-state index in [1.54, 1.807) is 11.3 Å². The summed E-state index contributed by atoms with van der Waals surface area (Å²) in [5.41, 5.74) is 7.03. The van der Waals surface area contributed by atoms with E-state index in [-0.39, 0.29) is 11.8 Å². The zero-order valence-electron chi connectivity index (χ0n) is 11.5. The molecular formula is C14H23N3OS. The number of carbonyl (C=O) groups is 1. The van der Waals surface area contributed by atoms with Crippen LogP contribution in [0.5, 0.6) is 0 Å². The van der Waals surface area contributed by atoms with Gasteiger partial charge in [-0.3, -0.25) is 9.69 Å². The predicted octanol–water partition coefficient (Wildman–Crippen LogP) is 1.38. The summed E-state index contributed by atoms with van der Waals surface area (Å²) < 4.78 is 0. The molecule has 1 saturated heterocycles. The van der Waals surface area contributed by atoms with Crippen LogP contribution in [0.2, 0.25) is 0 Å². The van der Waals surface area contributed by atoms with Crippen molar-refractivity contribution in [3.05, 3.63) is 22.4 Å². The van der Waals surface area contributed by atoms with Gasteiger partial charge in [-0.15, -0.1) is 0 Å². The van der Waals surface area contributed by atoms with Crippen LogP contribution in [0.1, 0.15) is 18.9 Å². The van der Waals surface area contributed by atoms with Crippen LogP contribution >= 0.6 is 11.3 Å². The van der Waals surface area contributed by atoms with Gasteiger partial charge in [-0.2, -0.15) is 11.3 Å². The molecule has 1 atom stereocenters. The van der Waals surface area contributed by atoms with Gasteiger partial charge in [0.15, 0.2) is 0 Å². The Kier molecular flexibility index (Phi) is 5.36. The summed E-state index contributed by atoms with van der Waals surface area (Å²) in [5, 5.41) is 4.31. The number of amides is 1. The van der Waals surface area contributed by atoms with E-state index in [1.807, 2.05) is 11.8 Å². The zero-order chi connectivity index (χ0) is 13.7. The lowest BCUT2D eigenvalue weighted by atomic mass is 10.0. The highest BCUT2D eigenvalue weighted by Crippen LogP contribution is 2.13. The molecule has 1 aliphatic heterocycles. The molecule has 0 spiro atoms. The first-order valence-corrected chi connectivity index (χ1v) is 7.91. The molecule has 0 bridgehead atoms. The molecule has 1 fully saturated rings. The predicted molar refractivity (Wildman–Crippen MR) is 79.0 cm³/mol. The number of nitrogens with zero attached hydrogens (tertiary/aromatic N) is 2. The van der Waals surface area contributed by atoms with Gasteiger partial charge in [0.05, 0.1) is 5.92 Å². The third kappa shape index (κ3) is 3.78. The topological polar surface area (TPSA) is 49.6 Å². The van der Waals surface area contributed by atoms with Crippen LogP contribution in [0.25, 0.3) is 0 Å². The van der Waals surface area contributed by atoms with Gasteiger partial charge in [-0.25, -0.2) is 0 Å². The summed E-state index contributed by atoms with van der Waals surface area (Å²) in [4.78, 5) is 16.6. The Labute approximate surface area is 119 Å². The highest BCUT2D eigenvalue weighted by Gasteiger charge is 2.25. The monoisotopic (exact) mass is 281 g/mol. The second-order valence-electron chi connectivity index (χ2n) is 5.07. The third-order valence-electron chi connectivity index (χ3n) is 3.80. The molecule has 2 rings (SSSR count). The Morgan fingerprint density at radius 3 is 2.68 bits per heavy atom. The average Bonchev–Trinajstić information content (AvgIpc) is 2.94. The quantitative estimate of drug-likeness (QED) is 0.887.